The van der Waals surface area contributed by atoms with Gasteiger partial charge in [0.2, 0.25) is 5.76 Å². The van der Waals surface area contributed by atoms with Crippen LogP contribution in [0.4, 0.5) is 0 Å². The highest BCUT2D eigenvalue weighted by Crippen LogP contribution is 2.18. The molecule has 1 atom stereocenters. The molecule has 0 radical (unpaired) electrons. The van der Waals surface area contributed by atoms with Gasteiger partial charge in [0, 0.05) is 37.6 Å². The molecule has 0 unspecified atom stereocenters. The maximum Gasteiger partial charge on any atom is 0.291 e. The molecule has 0 N–H and O–H groups in total. The van der Waals surface area contributed by atoms with E-state index in [0.29, 0.717) is 26.3 Å². The van der Waals surface area contributed by atoms with Gasteiger partial charge < -0.3 is 18.5 Å². The Balaban J connectivity index is 1.52. The Morgan fingerprint density at radius 2 is 2.33 bits per heavy atom. The van der Waals surface area contributed by atoms with Crippen LogP contribution in [0.2, 0.25) is 0 Å². The van der Waals surface area contributed by atoms with E-state index in [-0.39, 0.29) is 17.6 Å². The average molecular weight is 326 g/mol. The van der Waals surface area contributed by atoms with Crippen LogP contribution in [0, 0.1) is 5.92 Å². The fourth-order valence-corrected chi connectivity index (χ4v) is 3.13. The maximum atomic E-state index is 12.5. The van der Waals surface area contributed by atoms with E-state index in [1.807, 2.05) is 18.5 Å². The maximum absolute atomic E-state index is 12.5. The van der Waals surface area contributed by atoms with E-state index in [1.54, 1.807) is 11.1 Å². The van der Waals surface area contributed by atoms with Crippen LogP contribution in [0.25, 0.3) is 5.52 Å². The van der Waals surface area contributed by atoms with Crippen LogP contribution in [0.1, 0.15) is 16.2 Å². The summed E-state index contributed by atoms with van der Waals surface area (Å²) in [4.78, 5) is 22.6. The average Bonchev–Trinajstić information content (AvgIpc) is 3.24. The highest BCUT2D eigenvalue weighted by atomic mass is 16.5. The molecule has 3 aromatic heterocycles. The van der Waals surface area contributed by atoms with Crippen LogP contribution in [-0.2, 0) is 11.2 Å². The van der Waals surface area contributed by atoms with Crippen molar-refractivity contribution in [3.05, 3.63) is 54.8 Å². The first kappa shape index (κ1) is 14.9. The summed E-state index contributed by atoms with van der Waals surface area (Å²) in [5.74, 6) is 0.312. The SMILES string of the molecule is O=C(c1cnco1)N1CCOC[C@@H](Cc2nccn3cccc23)C1. The van der Waals surface area contributed by atoms with Crippen molar-refractivity contribution < 1.29 is 13.9 Å². The van der Waals surface area contributed by atoms with Crippen LogP contribution >= 0.6 is 0 Å². The lowest BCUT2D eigenvalue weighted by molar-refractivity contribution is 0.0705. The second-order valence-electron chi connectivity index (χ2n) is 5.94. The quantitative estimate of drug-likeness (QED) is 0.732. The van der Waals surface area contributed by atoms with Gasteiger partial charge in [-0.3, -0.25) is 9.78 Å². The van der Waals surface area contributed by atoms with Gasteiger partial charge in [-0.25, -0.2) is 4.98 Å². The fraction of sp³-hybridized carbons (Fsp3) is 0.353. The van der Waals surface area contributed by atoms with Gasteiger partial charge in [0.15, 0.2) is 6.39 Å². The molecule has 0 aliphatic carbocycles. The van der Waals surface area contributed by atoms with Crippen molar-refractivity contribution in [2.75, 3.05) is 26.3 Å². The zero-order valence-electron chi connectivity index (χ0n) is 13.2. The zero-order valence-corrected chi connectivity index (χ0v) is 13.2. The van der Waals surface area contributed by atoms with Crippen LogP contribution in [0.3, 0.4) is 0 Å². The molecule has 7 heteroatoms. The van der Waals surface area contributed by atoms with Crippen molar-refractivity contribution >= 4 is 11.4 Å². The van der Waals surface area contributed by atoms with E-state index in [0.717, 1.165) is 17.6 Å². The normalized spacial score (nSPS) is 18.7. The molecular formula is C17H18N4O3. The Bertz CT molecular complexity index is 827. The molecule has 1 aliphatic heterocycles. The summed E-state index contributed by atoms with van der Waals surface area (Å²) >= 11 is 0. The Morgan fingerprint density at radius 3 is 3.21 bits per heavy atom. The first-order valence-corrected chi connectivity index (χ1v) is 7.97. The minimum Gasteiger partial charge on any atom is -0.438 e. The number of aromatic nitrogens is 3. The van der Waals surface area contributed by atoms with E-state index in [1.165, 1.54) is 12.6 Å². The number of ether oxygens (including phenoxy) is 1. The predicted molar refractivity (Wildman–Crippen MR) is 85.6 cm³/mol. The lowest BCUT2D eigenvalue weighted by Crippen LogP contribution is -2.36. The Kier molecular flexibility index (Phi) is 4.00. The largest absolute Gasteiger partial charge is 0.438 e. The molecule has 0 spiro atoms. The van der Waals surface area contributed by atoms with Crippen molar-refractivity contribution in [1.82, 2.24) is 19.3 Å². The minimum absolute atomic E-state index is 0.142. The van der Waals surface area contributed by atoms with Gasteiger partial charge >= 0.3 is 0 Å². The molecule has 1 fully saturated rings. The molecule has 0 aromatic carbocycles. The van der Waals surface area contributed by atoms with Crippen LogP contribution < -0.4 is 0 Å². The molecule has 1 aliphatic rings. The third-order valence-electron chi connectivity index (χ3n) is 4.28. The molecule has 4 heterocycles. The van der Waals surface area contributed by atoms with Gasteiger partial charge in [0.25, 0.3) is 5.91 Å². The number of amides is 1. The Morgan fingerprint density at radius 1 is 1.38 bits per heavy atom. The number of fused-ring (bicyclic) bond motifs is 1. The van der Waals surface area contributed by atoms with E-state index in [9.17, 15) is 4.79 Å². The van der Waals surface area contributed by atoms with Crippen molar-refractivity contribution in [2.24, 2.45) is 5.92 Å². The Labute approximate surface area is 138 Å². The number of carbonyl (C=O) groups excluding carboxylic acids is 1. The summed E-state index contributed by atoms with van der Waals surface area (Å²) in [6.07, 6.45) is 9.22. The molecule has 24 heavy (non-hydrogen) atoms. The summed E-state index contributed by atoms with van der Waals surface area (Å²) in [7, 11) is 0. The third kappa shape index (κ3) is 2.90. The molecule has 7 nitrogen and oxygen atoms in total. The van der Waals surface area contributed by atoms with Gasteiger partial charge in [-0.2, -0.15) is 0 Å². The van der Waals surface area contributed by atoms with Crippen molar-refractivity contribution in [1.29, 1.82) is 0 Å². The van der Waals surface area contributed by atoms with Crippen molar-refractivity contribution in [3.63, 3.8) is 0 Å². The first-order chi connectivity index (χ1) is 11.8. The van der Waals surface area contributed by atoms with Gasteiger partial charge in [-0.1, -0.05) is 0 Å². The second kappa shape index (κ2) is 6.45. The van der Waals surface area contributed by atoms with E-state index < -0.39 is 0 Å². The molecule has 1 saturated heterocycles. The van der Waals surface area contributed by atoms with E-state index in [4.69, 9.17) is 9.15 Å². The third-order valence-corrected chi connectivity index (χ3v) is 4.28. The Hall–Kier alpha value is -2.67. The molecule has 0 bridgehead atoms. The fourth-order valence-electron chi connectivity index (χ4n) is 3.13. The first-order valence-electron chi connectivity index (χ1n) is 7.97. The van der Waals surface area contributed by atoms with Gasteiger partial charge in [-0.15, -0.1) is 0 Å². The molecular weight excluding hydrogens is 308 g/mol. The lowest BCUT2D eigenvalue weighted by Gasteiger charge is -2.22. The lowest BCUT2D eigenvalue weighted by atomic mass is 10.0. The number of rotatable bonds is 3. The van der Waals surface area contributed by atoms with Gasteiger partial charge in [-0.05, 0) is 18.6 Å². The standard InChI is InChI=1S/C17H18N4O3/c22-17(16-9-18-12-24-16)21-6-7-23-11-13(10-21)8-14-15-2-1-4-20(15)5-3-19-14/h1-5,9,12-13H,6-8,10-11H2/t13-/m0/s1. The van der Waals surface area contributed by atoms with E-state index >= 15 is 0 Å². The van der Waals surface area contributed by atoms with Crippen LogP contribution in [-0.4, -0.2) is 51.5 Å². The molecule has 124 valence electrons. The van der Waals surface area contributed by atoms with Gasteiger partial charge in [0.05, 0.1) is 30.6 Å². The number of hydrogen-bond donors (Lipinski definition) is 0. The molecule has 1 amide bonds. The monoisotopic (exact) mass is 326 g/mol. The van der Waals surface area contributed by atoms with Gasteiger partial charge in [0.1, 0.15) is 0 Å². The number of carbonyl (C=O) groups is 1. The van der Waals surface area contributed by atoms with Crippen molar-refractivity contribution in [2.45, 2.75) is 6.42 Å². The number of nitrogens with zero attached hydrogens (tertiary/aromatic N) is 4. The van der Waals surface area contributed by atoms with E-state index in [2.05, 4.69) is 20.4 Å². The topological polar surface area (TPSA) is 72.9 Å². The zero-order chi connectivity index (χ0) is 16.4. The minimum atomic E-state index is -0.142. The smallest absolute Gasteiger partial charge is 0.291 e. The highest BCUT2D eigenvalue weighted by Gasteiger charge is 2.26. The summed E-state index contributed by atoms with van der Waals surface area (Å²) < 4.78 is 12.9. The molecule has 0 saturated carbocycles. The van der Waals surface area contributed by atoms with Crippen LogP contribution in [0.15, 0.2) is 47.7 Å². The number of hydrogen-bond acceptors (Lipinski definition) is 5. The predicted octanol–water partition coefficient (Wildman–Crippen LogP) is 1.65. The van der Waals surface area contributed by atoms with Crippen LogP contribution in [0.5, 0.6) is 0 Å². The summed E-state index contributed by atoms with van der Waals surface area (Å²) in [5.41, 5.74) is 2.11. The second-order valence-corrected chi connectivity index (χ2v) is 5.94. The summed E-state index contributed by atoms with van der Waals surface area (Å²) in [6, 6.07) is 4.06. The highest BCUT2D eigenvalue weighted by molar-refractivity contribution is 5.91. The molecule has 3 aromatic rings. The summed E-state index contributed by atoms with van der Waals surface area (Å²) in [5, 5.41) is 0. The van der Waals surface area contributed by atoms with Crippen molar-refractivity contribution in [3.8, 4) is 0 Å². The summed E-state index contributed by atoms with van der Waals surface area (Å²) in [6.45, 7) is 2.31. The molecule has 4 rings (SSSR count). The number of oxazole rings is 1.